The molecule has 0 spiro atoms. The van der Waals surface area contributed by atoms with Crippen LogP contribution in [0.1, 0.15) is 10.5 Å². The molecule has 11 heteroatoms. The zero-order valence-electron chi connectivity index (χ0n) is 12.0. The van der Waals surface area contributed by atoms with Gasteiger partial charge in [-0.25, -0.2) is 13.8 Å². The number of carbonyl (C=O) groups excluding carboxylic acids is 2. The summed E-state index contributed by atoms with van der Waals surface area (Å²) in [4.78, 5) is 27.5. The fourth-order valence-electron chi connectivity index (χ4n) is 1.66. The third-order valence-electron chi connectivity index (χ3n) is 2.81. The van der Waals surface area contributed by atoms with E-state index in [1.807, 2.05) is 0 Å². The molecule has 0 fully saturated rings. The SMILES string of the molecule is O=C(CNC(=O)c1nc(Cl)c(Cl)c(Cl)c1Cl)Nc1ccc(F)c(F)c1. The van der Waals surface area contributed by atoms with Gasteiger partial charge in [0.25, 0.3) is 5.91 Å². The minimum atomic E-state index is -1.12. The molecule has 2 aromatic rings. The molecule has 25 heavy (non-hydrogen) atoms. The van der Waals surface area contributed by atoms with Crippen LogP contribution in [0.4, 0.5) is 14.5 Å². The molecule has 0 bridgehead atoms. The Balaban J connectivity index is 2.02. The van der Waals surface area contributed by atoms with Gasteiger partial charge in [0.05, 0.1) is 21.6 Å². The highest BCUT2D eigenvalue weighted by Crippen LogP contribution is 2.35. The Bertz CT molecular complexity index is 864. The van der Waals surface area contributed by atoms with Gasteiger partial charge in [0.2, 0.25) is 5.91 Å². The molecule has 2 amide bonds. The van der Waals surface area contributed by atoms with Crippen molar-refractivity contribution in [2.45, 2.75) is 0 Å². The molecule has 132 valence electrons. The van der Waals surface area contributed by atoms with Gasteiger partial charge in [0, 0.05) is 11.8 Å². The summed E-state index contributed by atoms with van der Waals surface area (Å²) in [5.74, 6) is -3.70. The molecule has 0 saturated heterocycles. The largest absolute Gasteiger partial charge is 0.342 e. The lowest BCUT2D eigenvalue weighted by Crippen LogP contribution is -2.33. The van der Waals surface area contributed by atoms with Crippen LogP contribution in [0.25, 0.3) is 0 Å². The Hall–Kier alpha value is -1.67. The smallest absolute Gasteiger partial charge is 0.271 e. The average molecular weight is 429 g/mol. The number of hydrogen-bond donors (Lipinski definition) is 2. The van der Waals surface area contributed by atoms with Crippen LogP contribution in [-0.4, -0.2) is 23.3 Å². The Morgan fingerprint density at radius 2 is 1.68 bits per heavy atom. The molecule has 5 nitrogen and oxygen atoms in total. The highest BCUT2D eigenvalue weighted by molar-refractivity contribution is 6.52. The molecule has 0 radical (unpaired) electrons. The van der Waals surface area contributed by atoms with Crippen molar-refractivity contribution in [1.82, 2.24) is 10.3 Å². The number of nitrogens with zero attached hydrogens (tertiary/aromatic N) is 1. The van der Waals surface area contributed by atoms with E-state index in [2.05, 4.69) is 15.6 Å². The summed E-state index contributed by atoms with van der Waals surface area (Å²) in [5.41, 5.74) is -0.298. The zero-order valence-corrected chi connectivity index (χ0v) is 15.0. The molecule has 0 atom stereocenters. The number of halogens is 6. The molecule has 0 aliphatic heterocycles. The van der Waals surface area contributed by atoms with Crippen molar-refractivity contribution >= 4 is 63.9 Å². The summed E-state index contributed by atoms with van der Waals surface area (Å²) in [6, 6.07) is 2.81. The molecule has 1 heterocycles. The fourth-order valence-corrected chi connectivity index (χ4v) is 2.48. The Morgan fingerprint density at radius 3 is 2.32 bits per heavy atom. The molecular weight excluding hydrogens is 422 g/mol. The van der Waals surface area contributed by atoms with Crippen molar-refractivity contribution in [2.24, 2.45) is 0 Å². The van der Waals surface area contributed by atoms with Crippen molar-refractivity contribution < 1.29 is 18.4 Å². The maximum atomic E-state index is 13.1. The van der Waals surface area contributed by atoms with Crippen LogP contribution in [-0.2, 0) is 4.79 Å². The predicted molar refractivity (Wildman–Crippen MR) is 91.6 cm³/mol. The number of benzene rings is 1. The monoisotopic (exact) mass is 427 g/mol. The quantitative estimate of drug-likeness (QED) is 0.711. The van der Waals surface area contributed by atoms with Crippen molar-refractivity contribution in [3.05, 3.63) is 55.7 Å². The van der Waals surface area contributed by atoms with Gasteiger partial charge in [0.1, 0.15) is 10.8 Å². The minimum absolute atomic E-state index is 0.0203. The van der Waals surface area contributed by atoms with E-state index in [4.69, 9.17) is 46.4 Å². The fraction of sp³-hybridized carbons (Fsp3) is 0.0714. The first-order chi connectivity index (χ1) is 11.7. The van der Waals surface area contributed by atoms with Gasteiger partial charge in [-0.05, 0) is 12.1 Å². The zero-order chi connectivity index (χ0) is 18.7. The number of anilines is 1. The van der Waals surface area contributed by atoms with E-state index < -0.39 is 30.0 Å². The van der Waals surface area contributed by atoms with E-state index >= 15 is 0 Å². The number of nitrogens with one attached hydrogen (secondary N) is 2. The van der Waals surface area contributed by atoms with E-state index in [1.165, 1.54) is 0 Å². The topological polar surface area (TPSA) is 71.1 Å². The summed E-state index contributed by atoms with van der Waals surface area (Å²) in [6.45, 7) is -0.492. The van der Waals surface area contributed by atoms with E-state index in [0.717, 1.165) is 18.2 Å². The second-order valence-corrected chi connectivity index (χ2v) is 6.04. The van der Waals surface area contributed by atoms with Gasteiger partial charge < -0.3 is 10.6 Å². The van der Waals surface area contributed by atoms with E-state index in [-0.39, 0.29) is 31.6 Å². The standard InChI is InChI=1S/C14H7Cl4F2N3O2/c15-9-10(16)12(23-13(18)11(9)17)14(25)21-4-8(24)22-5-1-2-6(19)7(20)3-5/h1-3H,4H2,(H,21,25)(H,22,24). The van der Waals surface area contributed by atoms with Crippen LogP contribution in [0.2, 0.25) is 20.2 Å². The first kappa shape index (κ1) is 19.7. The highest BCUT2D eigenvalue weighted by Gasteiger charge is 2.20. The van der Waals surface area contributed by atoms with Crippen molar-refractivity contribution in [2.75, 3.05) is 11.9 Å². The Labute approximate surface area is 160 Å². The van der Waals surface area contributed by atoms with Gasteiger partial charge in [-0.1, -0.05) is 46.4 Å². The lowest BCUT2D eigenvalue weighted by atomic mass is 10.3. The van der Waals surface area contributed by atoms with E-state index in [0.29, 0.717) is 0 Å². The maximum Gasteiger partial charge on any atom is 0.271 e. The summed E-state index contributed by atoms with van der Waals surface area (Å²) >= 11 is 23.1. The molecule has 2 rings (SSSR count). The first-order valence-corrected chi connectivity index (χ1v) is 7.95. The van der Waals surface area contributed by atoms with Gasteiger partial charge in [-0.2, -0.15) is 0 Å². The van der Waals surface area contributed by atoms with Gasteiger partial charge in [-0.15, -0.1) is 0 Å². The van der Waals surface area contributed by atoms with Crippen LogP contribution in [0, 0.1) is 11.6 Å². The average Bonchev–Trinajstić information content (AvgIpc) is 2.57. The van der Waals surface area contributed by atoms with Crippen molar-refractivity contribution in [3.8, 4) is 0 Å². The summed E-state index contributed by atoms with van der Waals surface area (Å²) in [7, 11) is 0. The van der Waals surface area contributed by atoms with Crippen molar-refractivity contribution in [1.29, 1.82) is 0 Å². The predicted octanol–water partition coefficient (Wildman–Crippen LogP) is 4.34. The first-order valence-electron chi connectivity index (χ1n) is 6.43. The van der Waals surface area contributed by atoms with Crippen LogP contribution in [0.5, 0.6) is 0 Å². The van der Waals surface area contributed by atoms with Gasteiger partial charge >= 0.3 is 0 Å². The third-order valence-corrected chi connectivity index (χ3v) is 4.49. The highest BCUT2D eigenvalue weighted by atomic mass is 35.5. The number of carbonyl (C=O) groups is 2. The summed E-state index contributed by atoms with van der Waals surface area (Å²) in [6.07, 6.45) is 0. The lowest BCUT2D eigenvalue weighted by molar-refractivity contribution is -0.115. The molecule has 2 N–H and O–H groups in total. The molecule has 1 aromatic carbocycles. The maximum absolute atomic E-state index is 13.1. The second kappa shape index (κ2) is 8.14. The van der Waals surface area contributed by atoms with Crippen LogP contribution >= 0.6 is 46.4 Å². The summed E-state index contributed by atoms with van der Waals surface area (Å²) < 4.78 is 25.9. The molecule has 0 unspecified atom stereocenters. The molecule has 0 aliphatic carbocycles. The Morgan fingerprint density at radius 1 is 1.00 bits per heavy atom. The summed E-state index contributed by atoms with van der Waals surface area (Å²) in [5, 5.41) is 3.79. The molecule has 1 aromatic heterocycles. The molecular formula is C14H7Cl4F2N3O2. The van der Waals surface area contributed by atoms with E-state index in [1.54, 1.807) is 0 Å². The van der Waals surface area contributed by atoms with Gasteiger partial charge in [-0.3, -0.25) is 9.59 Å². The van der Waals surface area contributed by atoms with Crippen LogP contribution in [0.3, 0.4) is 0 Å². The molecule has 0 saturated carbocycles. The van der Waals surface area contributed by atoms with Crippen LogP contribution in [0.15, 0.2) is 18.2 Å². The Kier molecular flexibility index (Phi) is 6.40. The molecule has 0 aliphatic rings. The lowest BCUT2D eigenvalue weighted by Gasteiger charge is -2.09. The number of hydrogen-bond acceptors (Lipinski definition) is 3. The minimum Gasteiger partial charge on any atom is -0.342 e. The van der Waals surface area contributed by atoms with Gasteiger partial charge in [0.15, 0.2) is 11.6 Å². The third kappa shape index (κ3) is 4.70. The number of aromatic nitrogens is 1. The van der Waals surface area contributed by atoms with Crippen LogP contribution < -0.4 is 10.6 Å². The number of amides is 2. The van der Waals surface area contributed by atoms with E-state index in [9.17, 15) is 18.4 Å². The second-order valence-electron chi connectivity index (χ2n) is 4.55. The number of rotatable bonds is 4. The van der Waals surface area contributed by atoms with Crippen molar-refractivity contribution in [3.63, 3.8) is 0 Å². The normalized spacial score (nSPS) is 10.5. The number of pyridine rings is 1.